The second kappa shape index (κ2) is 6.63. The molecule has 2 aromatic heterocycles. The van der Waals surface area contributed by atoms with Gasteiger partial charge in [-0.15, -0.1) is 0 Å². The SMILES string of the molecule is COC(=O)c1cc2c(ncn2Cc2ccccc2)c2c([Si](C)(C)C)c(C)oc12. The van der Waals surface area contributed by atoms with Crippen LogP contribution in [0.3, 0.4) is 0 Å². The molecule has 0 aliphatic rings. The molecule has 144 valence electrons. The minimum Gasteiger partial charge on any atom is -0.465 e. The van der Waals surface area contributed by atoms with Crippen molar-refractivity contribution >= 4 is 41.2 Å². The Balaban J connectivity index is 2.05. The van der Waals surface area contributed by atoms with E-state index in [1.807, 2.05) is 37.5 Å². The van der Waals surface area contributed by atoms with Crippen molar-refractivity contribution in [1.29, 1.82) is 0 Å². The van der Waals surface area contributed by atoms with Crippen molar-refractivity contribution < 1.29 is 13.9 Å². The molecule has 2 heterocycles. The van der Waals surface area contributed by atoms with Gasteiger partial charge in [-0.2, -0.15) is 0 Å². The van der Waals surface area contributed by atoms with Gasteiger partial charge in [-0.05, 0) is 23.7 Å². The first-order valence-corrected chi connectivity index (χ1v) is 12.8. The fraction of sp³-hybridized carbons (Fsp3) is 0.273. The van der Waals surface area contributed by atoms with Crippen LogP contribution < -0.4 is 5.19 Å². The zero-order valence-electron chi connectivity index (χ0n) is 16.9. The summed E-state index contributed by atoms with van der Waals surface area (Å²) < 4.78 is 13.2. The lowest BCUT2D eigenvalue weighted by molar-refractivity contribution is 0.0602. The van der Waals surface area contributed by atoms with Crippen LogP contribution in [-0.4, -0.2) is 30.7 Å². The zero-order chi connectivity index (χ0) is 20.1. The molecule has 0 saturated heterocycles. The molecular formula is C22H24N2O3Si. The van der Waals surface area contributed by atoms with E-state index in [0.29, 0.717) is 17.7 Å². The molecule has 0 spiro atoms. The standard InChI is InChI=1S/C22H24N2O3Si/c1-14-21(28(3,4)5)18-19-17(11-16(20(18)27-14)22(25)26-2)24(13-23-19)12-15-9-7-6-8-10-15/h6-11,13H,12H2,1-5H3. The fourth-order valence-corrected chi connectivity index (χ4v) is 6.06. The van der Waals surface area contributed by atoms with Crippen LogP contribution in [0, 0.1) is 6.92 Å². The monoisotopic (exact) mass is 392 g/mol. The molecule has 6 heteroatoms. The summed E-state index contributed by atoms with van der Waals surface area (Å²) in [5, 5.41) is 2.17. The number of carbonyl (C=O) groups is 1. The Bertz CT molecular complexity index is 1180. The van der Waals surface area contributed by atoms with Gasteiger partial charge in [0.25, 0.3) is 0 Å². The van der Waals surface area contributed by atoms with Crippen LogP contribution in [0.1, 0.15) is 21.7 Å². The minimum atomic E-state index is -1.74. The predicted molar refractivity (Wildman–Crippen MR) is 114 cm³/mol. The highest BCUT2D eigenvalue weighted by atomic mass is 28.3. The number of rotatable bonds is 4. The minimum absolute atomic E-state index is 0.393. The normalized spacial score (nSPS) is 12.0. The molecule has 0 radical (unpaired) electrons. The number of carbonyl (C=O) groups excluding carboxylic acids is 1. The van der Waals surface area contributed by atoms with Gasteiger partial charge in [-0.1, -0.05) is 50.0 Å². The van der Waals surface area contributed by atoms with Crippen molar-refractivity contribution in [1.82, 2.24) is 9.55 Å². The van der Waals surface area contributed by atoms with Gasteiger partial charge < -0.3 is 13.7 Å². The van der Waals surface area contributed by atoms with Crippen LogP contribution in [-0.2, 0) is 11.3 Å². The average Bonchev–Trinajstić information content (AvgIpc) is 3.21. The van der Waals surface area contributed by atoms with Gasteiger partial charge in [0.05, 0.1) is 32.5 Å². The van der Waals surface area contributed by atoms with Crippen molar-refractivity contribution in [3.8, 4) is 0 Å². The van der Waals surface area contributed by atoms with Gasteiger partial charge in [-0.25, -0.2) is 9.78 Å². The van der Waals surface area contributed by atoms with Crippen molar-refractivity contribution in [2.45, 2.75) is 33.1 Å². The summed E-state index contributed by atoms with van der Waals surface area (Å²) in [5.41, 5.74) is 4.01. The van der Waals surface area contributed by atoms with Crippen LogP contribution >= 0.6 is 0 Å². The first-order chi connectivity index (χ1) is 13.3. The van der Waals surface area contributed by atoms with E-state index < -0.39 is 14.0 Å². The maximum atomic E-state index is 12.5. The van der Waals surface area contributed by atoms with E-state index in [2.05, 4.69) is 36.3 Å². The molecule has 4 rings (SSSR count). The molecule has 0 unspecified atom stereocenters. The van der Waals surface area contributed by atoms with Crippen molar-refractivity contribution in [2.75, 3.05) is 7.11 Å². The molecule has 4 aromatic rings. The maximum absolute atomic E-state index is 12.5. The third-order valence-corrected chi connectivity index (χ3v) is 7.18. The number of benzene rings is 2. The Morgan fingerprint density at radius 2 is 1.93 bits per heavy atom. The van der Waals surface area contributed by atoms with Crippen molar-refractivity contribution in [3.05, 3.63) is 59.6 Å². The van der Waals surface area contributed by atoms with Crippen molar-refractivity contribution in [3.63, 3.8) is 0 Å². The third-order valence-electron chi connectivity index (χ3n) is 5.08. The number of furan rings is 1. The third kappa shape index (κ3) is 2.94. The molecule has 0 atom stereocenters. The molecule has 28 heavy (non-hydrogen) atoms. The van der Waals surface area contributed by atoms with E-state index in [1.54, 1.807) is 0 Å². The Morgan fingerprint density at radius 3 is 2.57 bits per heavy atom. The van der Waals surface area contributed by atoms with Crippen LogP contribution in [0.2, 0.25) is 19.6 Å². The average molecular weight is 393 g/mol. The second-order valence-electron chi connectivity index (χ2n) is 8.13. The lowest BCUT2D eigenvalue weighted by atomic mass is 10.1. The molecule has 0 aliphatic carbocycles. The van der Waals surface area contributed by atoms with Crippen molar-refractivity contribution in [2.24, 2.45) is 0 Å². The van der Waals surface area contributed by atoms with Gasteiger partial charge in [-0.3, -0.25) is 0 Å². The summed E-state index contributed by atoms with van der Waals surface area (Å²) in [6, 6.07) is 12.1. The lowest BCUT2D eigenvalue weighted by Gasteiger charge is -2.16. The molecule has 0 aliphatic heterocycles. The number of methoxy groups -OCH3 is 1. The van der Waals surface area contributed by atoms with Crippen LogP contribution in [0.4, 0.5) is 0 Å². The summed E-state index contributed by atoms with van der Waals surface area (Å²) in [6.45, 7) is 9.50. The Labute approximate surface area is 164 Å². The predicted octanol–water partition coefficient (Wildman–Crippen LogP) is 4.47. The molecule has 5 nitrogen and oxygen atoms in total. The number of aryl methyl sites for hydroxylation is 1. The van der Waals surface area contributed by atoms with E-state index in [4.69, 9.17) is 14.1 Å². The second-order valence-corrected chi connectivity index (χ2v) is 13.1. The molecular weight excluding hydrogens is 368 g/mol. The Hall–Kier alpha value is -2.86. The fourth-order valence-electron chi connectivity index (χ4n) is 3.97. The van der Waals surface area contributed by atoms with Gasteiger partial charge in [0, 0.05) is 11.9 Å². The van der Waals surface area contributed by atoms with Crippen LogP contribution in [0.15, 0.2) is 47.1 Å². The number of fused-ring (bicyclic) bond motifs is 3. The van der Waals surface area contributed by atoms with Gasteiger partial charge >= 0.3 is 5.97 Å². The van der Waals surface area contributed by atoms with E-state index in [0.717, 1.165) is 22.2 Å². The molecule has 0 bridgehead atoms. The summed E-state index contributed by atoms with van der Waals surface area (Å²) in [6.07, 6.45) is 1.84. The van der Waals surface area contributed by atoms with Gasteiger partial charge in [0.2, 0.25) is 0 Å². The zero-order valence-corrected chi connectivity index (χ0v) is 17.9. The van der Waals surface area contributed by atoms with Crippen LogP contribution in [0.5, 0.6) is 0 Å². The summed E-state index contributed by atoms with van der Waals surface area (Å²) in [7, 11) is -0.338. The number of esters is 1. The molecule has 0 N–H and O–H groups in total. The number of ether oxygens (including phenoxy) is 1. The number of hydrogen-bond acceptors (Lipinski definition) is 4. The first-order valence-electron chi connectivity index (χ1n) is 9.35. The molecule has 0 amide bonds. The number of aromatic nitrogens is 2. The Morgan fingerprint density at radius 1 is 1.21 bits per heavy atom. The summed E-state index contributed by atoms with van der Waals surface area (Å²) in [5.74, 6) is 0.472. The molecule has 0 fully saturated rings. The number of imidazole rings is 1. The number of nitrogens with zero attached hydrogens (tertiary/aromatic N) is 2. The van der Waals surface area contributed by atoms with E-state index in [-0.39, 0.29) is 0 Å². The highest BCUT2D eigenvalue weighted by molar-refractivity contribution is 6.91. The summed E-state index contributed by atoms with van der Waals surface area (Å²) in [4.78, 5) is 17.3. The number of hydrogen-bond donors (Lipinski definition) is 0. The quantitative estimate of drug-likeness (QED) is 0.380. The lowest BCUT2D eigenvalue weighted by Crippen LogP contribution is -2.38. The van der Waals surface area contributed by atoms with E-state index in [1.165, 1.54) is 17.9 Å². The first kappa shape index (κ1) is 18.5. The van der Waals surface area contributed by atoms with Gasteiger partial charge in [0.15, 0.2) is 5.58 Å². The van der Waals surface area contributed by atoms with Crippen LogP contribution in [0.25, 0.3) is 22.0 Å². The highest BCUT2D eigenvalue weighted by Gasteiger charge is 2.30. The van der Waals surface area contributed by atoms with E-state index in [9.17, 15) is 4.79 Å². The topological polar surface area (TPSA) is 57.3 Å². The highest BCUT2D eigenvalue weighted by Crippen LogP contribution is 2.32. The van der Waals surface area contributed by atoms with E-state index >= 15 is 0 Å². The Kier molecular flexibility index (Phi) is 4.38. The molecule has 2 aromatic carbocycles. The molecule has 0 saturated carbocycles. The maximum Gasteiger partial charge on any atom is 0.341 e. The van der Waals surface area contributed by atoms with Gasteiger partial charge in [0.1, 0.15) is 11.3 Å². The summed E-state index contributed by atoms with van der Waals surface area (Å²) >= 11 is 0. The smallest absolute Gasteiger partial charge is 0.341 e. The largest absolute Gasteiger partial charge is 0.465 e.